The molecule has 4 heteroatoms. The zero-order valence-corrected chi connectivity index (χ0v) is 16.6. The summed E-state index contributed by atoms with van der Waals surface area (Å²) in [6, 6.07) is 12.6. The van der Waals surface area contributed by atoms with E-state index in [4.69, 9.17) is 0 Å². The van der Waals surface area contributed by atoms with Gasteiger partial charge in [-0.25, -0.2) is 0 Å². The van der Waals surface area contributed by atoms with Gasteiger partial charge in [-0.05, 0) is 60.2 Å². The molecule has 1 amide bonds. The van der Waals surface area contributed by atoms with Crippen molar-refractivity contribution in [3.8, 4) is 0 Å². The summed E-state index contributed by atoms with van der Waals surface area (Å²) in [7, 11) is 0. The number of hydrogen-bond donors (Lipinski definition) is 3. The molecule has 150 valence electrons. The number of amides is 1. The molecular formula is C24H32N2O2. The molecule has 2 fully saturated rings. The van der Waals surface area contributed by atoms with Crippen LogP contribution < -0.4 is 10.6 Å². The molecule has 1 atom stereocenters. The van der Waals surface area contributed by atoms with E-state index in [0.29, 0.717) is 17.6 Å². The first-order valence-corrected chi connectivity index (χ1v) is 11.0. The second kappa shape index (κ2) is 9.06. The molecule has 0 bridgehead atoms. The van der Waals surface area contributed by atoms with Gasteiger partial charge >= 0.3 is 0 Å². The van der Waals surface area contributed by atoms with Crippen LogP contribution in [0, 0.1) is 0 Å². The maximum Gasteiger partial charge on any atom is 0.251 e. The molecule has 2 aromatic carbocycles. The van der Waals surface area contributed by atoms with Crippen LogP contribution in [0.15, 0.2) is 36.4 Å². The number of aliphatic hydroxyl groups is 1. The van der Waals surface area contributed by atoms with Gasteiger partial charge in [0.15, 0.2) is 0 Å². The van der Waals surface area contributed by atoms with Crippen molar-refractivity contribution in [1.29, 1.82) is 0 Å². The van der Waals surface area contributed by atoms with Crippen LogP contribution in [-0.2, 0) is 0 Å². The lowest BCUT2D eigenvalue weighted by Gasteiger charge is -2.26. The highest BCUT2D eigenvalue weighted by Crippen LogP contribution is 2.24. The molecule has 4 nitrogen and oxygen atoms in total. The molecule has 4 rings (SSSR count). The molecule has 0 saturated heterocycles. The molecular weight excluding hydrogens is 348 g/mol. The van der Waals surface area contributed by atoms with Crippen LogP contribution in [0.1, 0.15) is 86.4 Å². The summed E-state index contributed by atoms with van der Waals surface area (Å²) in [5.74, 6) is 0.0249. The number of rotatable bonds is 5. The van der Waals surface area contributed by atoms with Gasteiger partial charge in [0.05, 0.1) is 0 Å². The topological polar surface area (TPSA) is 61.4 Å². The van der Waals surface area contributed by atoms with Gasteiger partial charge in [-0.2, -0.15) is 0 Å². The first-order valence-electron chi connectivity index (χ1n) is 11.0. The number of benzene rings is 2. The minimum atomic E-state index is -0.637. The third-order valence-corrected chi connectivity index (χ3v) is 6.38. The van der Waals surface area contributed by atoms with Crippen LogP contribution in [0.5, 0.6) is 0 Å². The van der Waals surface area contributed by atoms with E-state index in [1.165, 1.54) is 38.5 Å². The summed E-state index contributed by atoms with van der Waals surface area (Å²) in [5.41, 5.74) is 1.60. The quantitative estimate of drug-likeness (QED) is 0.652. The van der Waals surface area contributed by atoms with Crippen molar-refractivity contribution in [3.05, 3.63) is 47.5 Å². The molecule has 1 unspecified atom stereocenters. The van der Waals surface area contributed by atoms with Crippen LogP contribution in [0.25, 0.3) is 10.8 Å². The van der Waals surface area contributed by atoms with Crippen LogP contribution in [0.4, 0.5) is 0 Å². The number of aliphatic hydroxyl groups excluding tert-OH is 1. The Hall–Kier alpha value is -1.91. The first kappa shape index (κ1) is 19.4. The van der Waals surface area contributed by atoms with E-state index in [-0.39, 0.29) is 5.91 Å². The Morgan fingerprint density at radius 3 is 2.14 bits per heavy atom. The van der Waals surface area contributed by atoms with E-state index in [0.717, 1.165) is 42.0 Å². The average molecular weight is 381 g/mol. The summed E-state index contributed by atoms with van der Waals surface area (Å²) in [6.07, 6.45) is 11.3. The lowest BCUT2D eigenvalue weighted by Crippen LogP contribution is -2.36. The number of nitrogens with one attached hydrogen (secondary N) is 2. The fraction of sp³-hybridized carbons (Fsp3) is 0.542. The van der Waals surface area contributed by atoms with Crippen molar-refractivity contribution in [3.63, 3.8) is 0 Å². The lowest BCUT2D eigenvalue weighted by atomic mass is 9.94. The monoisotopic (exact) mass is 380 g/mol. The summed E-state index contributed by atoms with van der Waals surface area (Å²) >= 11 is 0. The van der Waals surface area contributed by atoms with Crippen LogP contribution in [0.3, 0.4) is 0 Å². The van der Waals surface area contributed by atoms with E-state index in [1.54, 1.807) is 0 Å². The smallest absolute Gasteiger partial charge is 0.251 e. The Kier molecular flexibility index (Phi) is 6.28. The molecule has 0 spiro atoms. The number of carbonyl (C=O) groups excluding carboxylic acids is 1. The fourth-order valence-electron chi connectivity index (χ4n) is 4.68. The van der Waals surface area contributed by atoms with Gasteiger partial charge in [0.2, 0.25) is 0 Å². The molecule has 2 saturated carbocycles. The molecule has 0 radical (unpaired) electrons. The van der Waals surface area contributed by atoms with E-state index in [1.807, 2.05) is 36.4 Å². The lowest BCUT2D eigenvalue weighted by molar-refractivity contribution is 0.0927. The Bertz CT molecular complexity index is 807. The van der Waals surface area contributed by atoms with Crippen molar-refractivity contribution in [2.45, 2.75) is 82.5 Å². The van der Waals surface area contributed by atoms with Crippen LogP contribution >= 0.6 is 0 Å². The van der Waals surface area contributed by atoms with Gasteiger partial charge in [0.25, 0.3) is 5.91 Å². The van der Waals surface area contributed by atoms with Gasteiger partial charge in [0, 0.05) is 17.6 Å². The predicted octanol–water partition coefficient (Wildman–Crippen LogP) is 4.82. The molecule has 0 heterocycles. The van der Waals surface area contributed by atoms with Gasteiger partial charge in [-0.1, -0.05) is 56.7 Å². The summed E-state index contributed by atoms with van der Waals surface area (Å²) < 4.78 is 0. The third-order valence-electron chi connectivity index (χ3n) is 6.38. The van der Waals surface area contributed by atoms with Gasteiger partial charge in [0.1, 0.15) is 6.23 Å². The standard InChI is InChI=1S/C24H32N2O2/c27-23(25-21-7-3-1-4-8-21)19-13-11-18-16-20(14-12-17(18)15-19)24(28)26-22-9-5-2-6-10-22/h11-16,21-23,25,27H,1-10H2,(H,26,28). The van der Waals surface area contributed by atoms with Crippen molar-refractivity contribution in [1.82, 2.24) is 10.6 Å². The van der Waals surface area contributed by atoms with Gasteiger partial charge in [-0.15, -0.1) is 0 Å². The second-order valence-electron chi connectivity index (χ2n) is 8.53. The number of carbonyl (C=O) groups is 1. The highest BCUT2D eigenvalue weighted by atomic mass is 16.3. The molecule has 3 N–H and O–H groups in total. The SMILES string of the molecule is O=C(NC1CCCCC1)c1ccc2cc(C(O)NC3CCCCC3)ccc2c1. The molecule has 0 aromatic heterocycles. The van der Waals surface area contributed by atoms with E-state index < -0.39 is 6.23 Å². The minimum Gasteiger partial charge on any atom is -0.374 e. The molecule has 28 heavy (non-hydrogen) atoms. The summed E-state index contributed by atoms with van der Waals surface area (Å²) in [6.45, 7) is 0. The van der Waals surface area contributed by atoms with E-state index in [9.17, 15) is 9.90 Å². The minimum absolute atomic E-state index is 0.0249. The van der Waals surface area contributed by atoms with Crippen molar-refractivity contribution in [2.24, 2.45) is 0 Å². The number of fused-ring (bicyclic) bond motifs is 1. The Balaban J connectivity index is 1.43. The second-order valence-corrected chi connectivity index (χ2v) is 8.53. The molecule has 0 aliphatic heterocycles. The molecule has 2 aliphatic rings. The molecule has 2 aliphatic carbocycles. The summed E-state index contributed by atoms with van der Waals surface area (Å²) in [4.78, 5) is 12.6. The van der Waals surface area contributed by atoms with Crippen LogP contribution in [-0.4, -0.2) is 23.1 Å². The third kappa shape index (κ3) is 4.73. The first-order chi connectivity index (χ1) is 13.7. The van der Waals surface area contributed by atoms with Gasteiger partial charge in [-0.3, -0.25) is 10.1 Å². The highest BCUT2D eigenvalue weighted by molar-refractivity contribution is 5.98. The Morgan fingerprint density at radius 2 is 1.43 bits per heavy atom. The van der Waals surface area contributed by atoms with Crippen molar-refractivity contribution in [2.75, 3.05) is 0 Å². The summed E-state index contributed by atoms with van der Waals surface area (Å²) in [5, 5.41) is 19.2. The molecule has 2 aromatic rings. The maximum atomic E-state index is 12.6. The van der Waals surface area contributed by atoms with E-state index >= 15 is 0 Å². The largest absolute Gasteiger partial charge is 0.374 e. The predicted molar refractivity (Wildman–Crippen MR) is 113 cm³/mol. The highest BCUT2D eigenvalue weighted by Gasteiger charge is 2.19. The fourth-order valence-corrected chi connectivity index (χ4v) is 4.68. The Morgan fingerprint density at radius 1 is 0.821 bits per heavy atom. The zero-order chi connectivity index (χ0) is 19.3. The van der Waals surface area contributed by atoms with Crippen LogP contribution in [0.2, 0.25) is 0 Å². The normalized spacial score (nSPS) is 20.2. The van der Waals surface area contributed by atoms with Crippen molar-refractivity contribution < 1.29 is 9.90 Å². The van der Waals surface area contributed by atoms with Crippen molar-refractivity contribution >= 4 is 16.7 Å². The maximum absolute atomic E-state index is 12.6. The zero-order valence-electron chi connectivity index (χ0n) is 16.6. The van der Waals surface area contributed by atoms with Gasteiger partial charge < -0.3 is 10.4 Å². The average Bonchev–Trinajstić information content (AvgIpc) is 2.74. The number of hydrogen-bond acceptors (Lipinski definition) is 3. The van der Waals surface area contributed by atoms with E-state index in [2.05, 4.69) is 10.6 Å². The Labute approximate surface area is 167 Å².